The fraction of sp³-hybridized carbons (Fsp3) is 0.0909. The topological polar surface area (TPSA) is 38.9 Å². The van der Waals surface area contributed by atoms with Gasteiger partial charge in [-0.25, -0.2) is 0 Å². The highest BCUT2D eigenvalue weighted by atomic mass is 14.7. The maximum absolute atomic E-state index is 6.17. The van der Waals surface area contributed by atoms with E-state index >= 15 is 0 Å². The van der Waals surface area contributed by atoms with Gasteiger partial charge in [-0.05, 0) is 55.3 Å². The van der Waals surface area contributed by atoms with E-state index in [1.165, 1.54) is 5.56 Å². The zero-order chi connectivity index (χ0) is 17.1. The number of hydrogen-bond donors (Lipinski definition) is 1. The molecule has 2 nitrogen and oxygen atoms in total. The molecule has 0 saturated heterocycles. The molecule has 2 heteroatoms. The van der Waals surface area contributed by atoms with E-state index in [1.54, 1.807) is 0 Å². The van der Waals surface area contributed by atoms with Crippen molar-refractivity contribution in [2.75, 3.05) is 5.73 Å². The third-order valence-electron chi connectivity index (χ3n) is 4.09. The Hall–Kier alpha value is -3.09. The number of rotatable bonds is 3. The number of aryl methyl sites for hydroxylation is 2. The predicted octanol–water partition coefficient (Wildman–Crippen LogP) is 5.41. The molecule has 0 aliphatic heterocycles. The standard InChI is InChI=1S/C22H20N2/c1-4-7-17-14-19(13-16(3)21(17)23)20-10-6-11-24-22(20)18-9-5-8-15(2)12-18/h5-14H,1,23H2,2-3H3. The number of hydrogen-bond acceptors (Lipinski definition) is 2. The molecule has 0 saturated carbocycles. The highest BCUT2D eigenvalue weighted by molar-refractivity contribution is 5.84. The van der Waals surface area contributed by atoms with E-state index in [-0.39, 0.29) is 0 Å². The maximum atomic E-state index is 6.17. The van der Waals surface area contributed by atoms with Crippen LogP contribution in [-0.4, -0.2) is 4.98 Å². The van der Waals surface area contributed by atoms with E-state index in [1.807, 2.05) is 25.3 Å². The average molecular weight is 312 g/mol. The molecule has 1 aromatic heterocycles. The molecule has 3 rings (SSSR count). The first-order chi connectivity index (χ1) is 11.6. The quantitative estimate of drug-likeness (QED) is 0.518. The molecule has 0 atom stereocenters. The highest BCUT2D eigenvalue weighted by Gasteiger charge is 2.11. The molecule has 0 spiro atoms. The second kappa shape index (κ2) is 6.57. The Balaban J connectivity index is 2.23. The van der Waals surface area contributed by atoms with Crippen molar-refractivity contribution < 1.29 is 0 Å². The minimum Gasteiger partial charge on any atom is -0.398 e. The van der Waals surface area contributed by atoms with Gasteiger partial charge in [0.15, 0.2) is 0 Å². The highest BCUT2D eigenvalue weighted by Crippen LogP contribution is 2.33. The molecule has 0 bridgehead atoms. The number of nitrogens with zero attached hydrogens (tertiary/aromatic N) is 1. The van der Waals surface area contributed by atoms with Gasteiger partial charge >= 0.3 is 0 Å². The molecule has 0 fully saturated rings. The Morgan fingerprint density at radius 3 is 2.62 bits per heavy atom. The summed E-state index contributed by atoms with van der Waals surface area (Å²) in [5.74, 6) is 0. The molecule has 2 aromatic carbocycles. The summed E-state index contributed by atoms with van der Waals surface area (Å²) in [5, 5.41) is 0. The molecule has 118 valence electrons. The van der Waals surface area contributed by atoms with Crippen LogP contribution in [0.1, 0.15) is 16.7 Å². The third kappa shape index (κ3) is 3.01. The summed E-state index contributed by atoms with van der Waals surface area (Å²) in [6.07, 6.45) is 3.64. The lowest BCUT2D eigenvalue weighted by atomic mass is 9.94. The van der Waals surface area contributed by atoms with Gasteiger partial charge in [0.2, 0.25) is 0 Å². The number of aromatic nitrogens is 1. The van der Waals surface area contributed by atoms with Crippen molar-refractivity contribution in [2.45, 2.75) is 13.8 Å². The summed E-state index contributed by atoms with van der Waals surface area (Å²) >= 11 is 0. The molecular weight excluding hydrogens is 292 g/mol. The first-order valence-electron chi connectivity index (χ1n) is 7.88. The van der Waals surface area contributed by atoms with E-state index in [0.717, 1.165) is 39.2 Å². The van der Waals surface area contributed by atoms with Crippen molar-refractivity contribution in [3.05, 3.63) is 83.7 Å². The second-order valence-electron chi connectivity index (χ2n) is 5.91. The lowest BCUT2D eigenvalue weighted by molar-refractivity contribution is 1.31. The Morgan fingerprint density at radius 1 is 1.04 bits per heavy atom. The van der Waals surface area contributed by atoms with Crippen LogP contribution in [0, 0.1) is 13.8 Å². The summed E-state index contributed by atoms with van der Waals surface area (Å²) in [5.41, 5.74) is 17.2. The van der Waals surface area contributed by atoms with Crippen molar-refractivity contribution >= 4 is 11.8 Å². The average Bonchev–Trinajstić information content (AvgIpc) is 2.59. The molecule has 0 radical (unpaired) electrons. The van der Waals surface area contributed by atoms with Gasteiger partial charge in [-0.15, -0.1) is 5.73 Å². The number of benzene rings is 2. The van der Waals surface area contributed by atoms with Gasteiger partial charge in [0, 0.05) is 28.6 Å². The molecule has 0 amide bonds. The normalized spacial score (nSPS) is 10.2. The van der Waals surface area contributed by atoms with Gasteiger partial charge in [-0.2, -0.15) is 0 Å². The van der Waals surface area contributed by atoms with E-state index in [4.69, 9.17) is 5.73 Å². The minimum absolute atomic E-state index is 0.760. The van der Waals surface area contributed by atoms with Crippen LogP contribution in [0.15, 0.2) is 67.0 Å². The number of nitrogen functional groups attached to an aromatic ring is 1. The molecular formula is C22H20N2. The van der Waals surface area contributed by atoms with Gasteiger partial charge in [0.25, 0.3) is 0 Å². The molecule has 3 aromatic rings. The number of anilines is 1. The monoisotopic (exact) mass is 312 g/mol. The minimum atomic E-state index is 0.760. The van der Waals surface area contributed by atoms with Crippen molar-refractivity contribution in [3.8, 4) is 22.4 Å². The summed E-state index contributed by atoms with van der Waals surface area (Å²) < 4.78 is 0. The predicted molar refractivity (Wildman–Crippen MR) is 103 cm³/mol. The van der Waals surface area contributed by atoms with E-state index in [0.29, 0.717) is 0 Å². The van der Waals surface area contributed by atoms with Crippen LogP contribution in [0.25, 0.3) is 28.5 Å². The van der Waals surface area contributed by atoms with Crippen molar-refractivity contribution in [1.82, 2.24) is 4.98 Å². The Morgan fingerprint density at radius 2 is 1.88 bits per heavy atom. The first-order valence-corrected chi connectivity index (χ1v) is 7.88. The molecule has 0 unspecified atom stereocenters. The van der Waals surface area contributed by atoms with Gasteiger partial charge in [-0.3, -0.25) is 4.98 Å². The van der Waals surface area contributed by atoms with Crippen LogP contribution in [0.3, 0.4) is 0 Å². The van der Waals surface area contributed by atoms with Crippen molar-refractivity contribution in [1.29, 1.82) is 0 Å². The van der Waals surface area contributed by atoms with Gasteiger partial charge in [0.1, 0.15) is 0 Å². The van der Waals surface area contributed by atoms with Crippen LogP contribution < -0.4 is 5.73 Å². The number of pyridine rings is 1. The Kier molecular flexibility index (Phi) is 4.33. The van der Waals surface area contributed by atoms with E-state index < -0.39 is 0 Å². The van der Waals surface area contributed by atoms with Crippen molar-refractivity contribution in [3.63, 3.8) is 0 Å². The summed E-state index contributed by atoms with van der Waals surface area (Å²) in [4.78, 5) is 4.62. The zero-order valence-corrected chi connectivity index (χ0v) is 14.0. The summed E-state index contributed by atoms with van der Waals surface area (Å²) in [6.45, 7) is 7.76. The molecule has 0 aliphatic carbocycles. The van der Waals surface area contributed by atoms with Crippen LogP contribution in [0.5, 0.6) is 0 Å². The SMILES string of the molecule is C=C=Cc1cc(-c2cccnc2-c2cccc(C)c2)cc(C)c1N. The van der Waals surface area contributed by atoms with Crippen molar-refractivity contribution in [2.24, 2.45) is 0 Å². The van der Waals surface area contributed by atoms with Gasteiger partial charge in [0.05, 0.1) is 5.69 Å². The lowest BCUT2D eigenvalue weighted by Crippen LogP contribution is -1.96. The molecule has 0 aliphatic rings. The Bertz CT molecular complexity index is 948. The smallest absolute Gasteiger partial charge is 0.0780 e. The second-order valence-corrected chi connectivity index (χ2v) is 5.91. The van der Waals surface area contributed by atoms with Gasteiger partial charge < -0.3 is 5.73 Å². The fourth-order valence-electron chi connectivity index (χ4n) is 2.87. The molecule has 2 N–H and O–H groups in total. The van der Waals surface area contributed by atoms with E-state index in [9.17, 15) is 0 Å². The molecule has 24 heavy (non-hydrogen) atoms. The van der Waals surface area contributed by atoms with Crippen LogP contribution >= 0.6 is 0 Å². The fourth-order valence-corrected chi connectivity index (χ4v) is 2.87. The van der Waals surface area contributed by atoms with Crippen LogP contribution in [-0.2, 0) is 0 Å². The van der Waals surface area contributed by atoms with Gasteiger partial charge in [-0.1, -0.05) is 36.4 Å². The maximum Gasteiger partial charge on any atom is 0.0780 e. The number of nitrogens with two attached hydrogens (primary N) is 1. The van der Waals surface area contributed by atoms with Crippen LogP contribution in [0.4, 0.5) is 5.69 Å². The third-order valence-corrected chi connectivity index (χ3v) is 4.09. The first kappa shape index (κ1) is 15.8. The zero-order valence-electron chi connectivity index (χ0n) is 14.0. The van der Waals surface area contributed by atoms with E-state index in [2.05, 4.69) is 66.7 Å². The Labute approximate surface area is 143 Å². The largest absolute Gasteiger partial charge is 0.398 e. The summed E-state index contributed by atoms with van der Waals surface area (Å²) in [6, 6.07) is 16.6. The lowest BCUT2D eigenvalue weighted by Gasteiger charge is -2.13. The van der Waals surface area contributed by atoms with Crippen LogP contribution in [0.2, 0.25) is 0 Å². The molecule has 1 heterocycles. The summed E-state index contributed by atoms with van der Waals surface area (Å²) in [7, 11) is 0.